The van der Waals surface area contributed by atoms with Crippen molar-refractivity contribution in [1.29, 1.82) is 0 Å². The van der Waals surface area contributed by atoms with Gasteiger partial charge in [-0.1, -0.05) is 32.6 Å². The van der Waals surface area contributed by atoms with Gasteiger partial charge in [-0.05, 0) is 34.0 Å². The van der Waals surface area contributed by atoms with Gasteiger partial charge >= 0.3 is 0 Å². The summed E-state index contributed by atoms with van der Waals surface area (Å²) in [6.07, 6.45) is 6.96. The standard InChI is InChI=1S/C9H21N.C2H6O/c1-4-5-6-7-8-9-10(2)3;1-2-3/h4-9H2,1-3H3;3H,2H2,1H3. The molecule has 13 heavy (non-hydrogen) atoms. The minimum absolute atomic E-state index is 0.250. The Kier molecular flexibility index (Phi) is 17.1. The fraction of sp³-hybridized carbons (Fsp3) is 1.00. The molecular formula is C11H27NO. The Bertz CT molecular complexity index is 74.5. The highest BCUT2D eigenvalue weighted by atomic mass is 16.2. The van der Waals surface area contributed by atoms with Crippen molar-refractivity contribution in [3.8, 4) is 0 Å². The van der Waals surface area contributed by atoms with Crippen molar-refractivity contribution in [2.45, 2.75) is 46.0 Å². The third-order valence-corrected chi connectivity index (χ3v) is 1.71. The lowest BCUT2D eigenvalue weighted by Gasteiger charge is -2.07. The first-order chi connectivity index (χ1) is 6.18. The molecule has 0 aromatic heterocycles. The van der Waals surface area contributed by atoms with Crippen LogP contribution in [0.4, 0.5) is 0 Å². The minimum atomic E-state index is 0.250. The summed E-state index contributed by atoms with van der Waals surface area (Å²) in [4.78, 5) is 2.26. The molecule has 0 atom stereocenters. The number of hydrogen-bond acceptors (Lipinski definition) is 2. The lowest BCUT2D eigenvalue weighted by molar-refractivity contribution is 0.318. The van der Waals surface area contributed by atoms with Crippen LogP contribution < -0.4 is 0 Å². The molecular weight excluding hydrogens is 162 g/mol. The summed E-state index contributed by atoms with van der Waals surface area (Å²) in [5.41, 5.74) is 0. The molecule has 82 valence electrons. The van der Waals surface area contributed by atoms with Crippen LogP contribution in [-0.2, 0) is 0 Å². The number of hydrogen-bond donors (Lipinski definition) is 1. The molecule has 1 N–H and O–H groups in total. The second-order valence-corrected chi connectivity index (χ2v) is 3.53. The minimum Gasteiger partial charge on any atom is -0.397 e. The van der Waals surface area contributed by atoms with Crippen LogP contribution in [0.3, 0.4) is 0 Å². The molecule has 0 aliphatic carbocycles. The molecule has 0 aromatic rings. The van der Waals surface area contributed by atoms with Gasteiger partial charge in [-0.15, -0.1) is 0 Å². The fourth-order valence-electron chi connectivity index (χ4n) is 1.03. The predicted molar refractivity (Wildman–Crippen MR) is 60.1 cm³/mol. The number of aliphatic hydroxyl groups is 1. The van der Waals surface area contributed by atoms with E-state index >= 15 is 0 Å². The van der Waals surface area contributed by atoms with E-state index in [1.54, 1.807) is 6.92 Å². The second kappa shape index (κ2) is 14.4. The molecule has 0 aliphatic rings. The van der Waals surface area contributed by atoms with Gasteiger partial charge in [0, 0.05) is 6.61 Å². The van der Waals surface area contributed by atoms with E-state index in [0.29, 0.717) is 0 Å². The van der Waals surface area contributed by atoms with Crippen LogP contribution in [0, 0.1) is 0 Å². The van der Waals surface area contributed by atoms with Gasteiger partial charge in [-0.25, -0.2) is 0 Å². The van der Waals surface area contributed by atoms with E-state index in [2.05, 4.69) is 25.9 Å². The Morgan fingerprint density at radius 2 is 1.38 bits per heavy atom. The first-order valence-electron chi connectivity index (χ1n) is 5.44. The summed E-state index contributed by atoms with van der Waals surface area (Å²) in [6.45, 7) is 5.44. The first-order valence-corrected chi connectivity index (χ1v) is 5.44. The highest BCUT2D eigenvalue weighted by Crippen LogP contribution is 2.01. The molecule has 0 aromatic carbocycles. The maximum Gasteiger partial charge on any atom is 0.0402 e. The average molecular weight is 189 g/mol. The van der Waals surface area contributed by atoms with Crippen LogP contribution in [0.25, 0.3) is 0 Å². The van der Waals surface area contributed by atoms with Gasteiger partial charge in [0.25, 0.3) is 0 Å². The molecule has 0 saturated heterocycles. The van der Waals surface area contributed by atoms with Crippen molar-refractivity contribution < 1.29 is 5.11 Å². The molecule has 2 heteroatoms. The maximum atomic E-state index is 7.57. The van der Waals surface area contributed by atoms with Crippen molar-refractivity contribution in [1.82, 2.24) is 4.90 Å². The highest BCUT2D eigenvalue weighted by molar-refractivity contribution is 4.45. The number of nitrogens with zero attached hydrogens (tertiary/aromatic N) is 1. The van der Waals surface area contributed by atoms with Gasteiger partial charge in [0.2, 0.25) is 0 Å². The lowest BCUT2D eigenvalue weighted by Crippen LogP contribution is -2.12. The molecule has 0 fully saturated rings. The Morgan fingerprint density at radius 3 is 1.77 bits per heavy atom. The number of rotatable bonds is 6. The zero-order chi connectivity index (χ0) is 10.5. The Hall–Kier alpha value is -0.0800. The molecule has 2 nitrogen and oxygen atoms in total. The van der Waals surface area contributed by atoms with E-state index < -0.39 is 0 Å². The smallest absolute Gasteiger partial charge is 0.0402 e. The van der Waals surface area contributed by atoms with Crippen molar-refractivity contribution >= 4 is 0 Å². The summed E-state index contributed by atoms with van der Waals surface area (Å²) in [7, 11) is 4.28. The predicted octanol–water partition coefficient (Wildman–Crippen LogP) is 2.52. The second-order valence-electron chi connectivity index (χ2n) is 3.53. The van der Waals surface area contributed by atoms with Crippen molar-refractivity contribution in [2.75, 3.05) is 27.2 Å². The van der Waals surface area contributed by atoms with Crippen LogP contribution in [-0.4, -0.2) is 37.3 Å². The van der Waals surface area contributed by atoms with E-state index in [-0.39, 0.29) is 6.61 Å². The SMILES string of the molecule is CCCCCCCN(C)C.CCO. The van der Waals surface area contributed by atoms with E-state index in [0.717, 1.165) is 0 Å². The molecule has 0 radical (unpaired) electrons. The molecule has 0 bridgehead atoms. The molecule has 0 spiro atoms. The Labute approximate surface area is 83.9 Å². The molecule has 0 amide bonds. The Balaban J connectivity index is 0. The average Bonchev–Trinajstić information content (AvgIpc) is 2.05. The third-order valence-electron chi connectivity index (χ3n) is 1.71. The van der Waals surface area contributed by atoms with E-state index in [9.17, 15) is 0 Å². The highest BCUT2D eigenvalue weighted by Gasteiger charge is 1.89. The van der Waals surface area contributed by atoms with Crippen LogP contribution in [0.1, 0.15) is 46.0 Å². The number of unbranched alkanes of at least 4 members (excludes halogenated alkanes) is 4. The van der Waals surface area contributed by atoms with Gasteiger partial charge in [0.15, 0.2) is 0 Å². The van der Waals surface area contributed by atoms with Gasteiger partial charge in [0.05, 0.1) is 0 Å². The van der Waals surface area contributed by atoms with Crippen LogP contribution in [0.2, 0.25) is 0 Å². The summed E-state index contributed by atoms with van der Waals surface area (Å²) in [5, 5.41) is 7.57. The van der Waals surface area contributed by atoms with Gasteiger partial charge in [-0.3, -0.25) is 0 Å². The van der Waals surface area contributed by atoms with E-state index in [1.807, 2.05) is 0 Å². The molecule has 0 saturated carbocycles. The third kappa shape index (κ3) is 24.5. The van der Waals surface area contributed by atoms with Crippen molar-refractivity contribution in [3.63, 3.8) is 0 Å². The normalized spacial score (nSPS) is 9.69. The van der Waals surface area contributed by atoms with E-state index in [1.165, 1.54) is 38.6 Å². The Morgan fingerprint density at radius 1 is 0.923 bits per heavy atom. The zero-order valence-corrected chi connectivity index (χ0v) is 9.84. The summed E-state index contributed by atoms with van der Waals surface area (Å²) in [5.74, 6) is 0. The first kappa shape index (κ1) is 15.4. The van der Waals surface area contributed by atoms with Crippen molar-refractivity contribution in [2.24, 2.45) is 0 Å². The zero-order valence-electron chi connectivity index (χ0n) is 9.84. The van der Waals surface area contributed by atoms with Crippen LogP contribution in [0.15, 0.2) is 0 Å². The van der Waals surface area contributed by atoms with Crippen LogP contribution in [0.5, 0.6) is 0 Å². The topological polar surface area (TPSA) is 23.5 Å². The quantitative estimate of drug-likeness (QED) is 0.649. The van der Waals surface area contributed by atoms with Crippen LogP contribution >= 0.6 is 0 Å². The number of aliphatic hydroxyl groups excluding tert-OH is 1. The summed E-state index contributed by atoms with van der Waals surface area (Å²) < 4.78 is 0. The molecule has 0 aliphatic heterocycles. The molecule has 0 rings (SSSR count). The lowest BCUT2D eigenvalue weighted by atomic mass is 10.1. The van der Waals surface area contributed by atoms with Crippen molar-refractivity contribution in [3.05, 3.63) is 0 Å². The summed E-state index contributed by atoms with van der Waals surface area (Å²) in [6, 6.07) is 0. The van der Waals surface area contributed by atoms with Gasteiger partial charge < -0.3 is 10.0 Å². The van der Waals surface area contributed by atoms with Gasteiger partial charge in [-0.2, -0.15) is 0 Å². The fourth-order valence-corrected chi connectivity index (χ4v) is 1.03. The van der Waals surface area contributed by atoms with E-state index in [4.69, 9.17) is 5.11 Å². The van der Waals surface area contributed by atoms with Gasteiger partial charge in [0.1, 0.15) is 0 Å². The summed E-state index contributed by atoms with van der Waals surface area (Å²) >= 11 is 0. The molecule has 0 heterocycles. The molecule has 0 unspecified atom stereocenters. The maximum absolute atomic E-state index is 7.57. The monoisotopic (exact) mass is 189 g/mol. The largest absolute Gasteiger partial charge is 0.397 e.